The van der Waals surface area contributed by atoms with E-state index in [9.17, 15) is 14.0 Å². The number of nitrogens with one attached hydrogen (secondary N) is 2. The van der Waals surface area contributed by atoms with Gasteiger partial charge in [0.05, 0.1) is 5.69 Å². The maximum absolute atomic E-state index is 15.2. The number of pyridine rings is 2. The topological polar surface area (TPSA) is 94.5 Å². The Bertz CT molecular complexity index is 1890. The Morgan fingerprint density at radius 2 is 1.79 bits per heavy atom. The second-order valence-corrected chi connectivity index (χ2v) is 9.87. The van der Waals surface area contributed by atoms with Crippen molar-refractivity contribution in [1.82, 2.24) is 9.55 Å². The molecule has 1 aliphatic heterocycles. The maximum atomic E-state index is 15.2. The predicted molar refractivity (Wildman–Crippen MR) is 155 cm³/mol. The lowest BCUT2D eigenvalue weighted by Crippen LogP contribution is -2.25. The van der Waals surface area contributed by atoms with Crippen LogP contribution in [0.3, 0.4) is 0 Å². The molecule has 0 fully saturated rings. The van der Waals surface area contributed by atoms with Crippen LogP contribution in [0.1, 0.15) is 30.2 Å². The van der Waals surface area contributed by atoms with Crippen LogP contribution in [0.15, 0.2) is 96.2 Å². The summed E-state index contributed by atoms with van der Waals surface area (Å²) in [6, 6.07) is 18.2. The smallest absolute Gasteiger partial charge is 0.261 e. The SMILES string of the molecule is CC(C)n1cc(C(=O)Nc2ccc(Oc3ccnc4c3Oc3ccccc3N4)c(F)c2)c(=O)c(-c2ccc(F)cc2)c1. The summed E-state index contributed by atoms with van der Waals surface area (Å²) >= 11 is 0. The molecule has 10 heteroatoms. The van der Waals surface area contributed by atoms with Gasteiger partial charge in [0.1, 0.15) is 11.4 Å². The number of para-hydroxylation sites is 2. The molecule has 210 valence electrons. The van der Waals surface area contributed by atoms with Crippen LogP contribution in [-0.2, 0) is 0 Å². The van der Waals surface area contributed by atoms with E-state index in [1.54, 1.807) is 22.9 Å². The minimum Gasteiger partial charge on any atom is -0.450 e. The summed E-state index contributed by atoms with van der Waals surface area (Å²) in [5, 5.41) is 5.75. The van der Waals surface area contributed by atoms with Crippen LogP contribution in [0.5, 0.6) is 23.0 Å². The van der Waals surface area contributed by atoms with Gasteiger partial charge in [-0.1, -0.05) is 24.3 Å². The maximum Gasteiger partial charge on any atom is 0.261 e. The van der Waals surface area contributed by atoms with E-state index in [0.717, 1.165) is 11.8 Å². The van der Waals surface area contributed by atoms with E-state index in [1.807, 2.05) is 32.0 Å². The van der Waals surface area contributed by atoms with Gasteiger partial charge in [-0.05, 0) is 55.8 Å². The van der Waals surface area contributed by atoms with Gasteiger partial charge in [-0.3, -0.25) is 9.59 Å². The monoisotopic (exact) mass is 566 g/mol. The molecule has 0 aliphatic carbocycles. The fourth-order valence-electron chi connectivity index (χ4n) is 4.47. The average molecular weight is 567 g/mol. The Labute approximate surface area is 239 Å². The van der Waals surface area contributed by atoms with Crippen molar-refractivity contribution in [1.29, 1.82) is 0 Å². The van der Waals surface area contributed by atoms with E-state index in [4.69, 9.17) is 9.47 Å². The van der Waals surface area contributed by atoms with Crippen molar-refractivity contribution in [3.63, 3.8) is 0 Å². The first kappa shape index (κ1) is 26.7. The number of amides is 1. The number of benzene rings is 3. The minimum absolute atomic E-state index is 0.0724. The zero-order chi connectivity index (χ0) is 29.4. The molecule has 0 bridgehead atoms. The van der Waals surface area contributed by atoms with Crippen LogP contribution in [-0.4, -0.2) is 15.5 Å². The highest BCUT2D eigenvalue weighted by Crippen LogP contribution is 2.46. The molecular weight excluding hydrogens is 542 g/mol. The predicted octanol–water partition coefficient (Wildman–Crippen LogP) is 7.66. The van der Waals surface area contributed by atoms with Crippen LogP contribution < -0.4 is 25.5 Å². The van der Waals surface area contributed by atoms with Gasteiger partial charge in [0, 0.05) is 48.0 Å². The van der Waals surface area contributed by atoms with Gasteiger partial charge >= 0.3 is 0 Å². The molecule has 2 aromatic heterocycles. The fourth-order valence-corrected chi connectivity index (χ4v) is 4.47. The van der Waals surface area contributed by atoms with E-state index >= 15 is 4.39 Å². The number of hydrogen-bond acceptors (Lipinski definition) is 6. The number of carbonyl (C=O) groups excluding carboxylic acids is 1. The van der Waals surface area contributed by atoms with Crippen molar-refractivity contribution < 1.29 is 23.0 Å². The summed E-state index contributed by atoms with van der Waals surface area (Å²) in [5.74, 6) is -0.476. The van der Waals surface area contributed by atoms with Crippen LogP contribution >= 0.6 is 0 Å². The molecule has 3 heterocycles. The third kappa shape index (κ3) is 5.17. The molecule has 5 aromatic rings. The standard InChI is InChI=1S/C32H24F2N4O4/c1-18(2)38-16-22(19-7-9-20(33)10-8-19)29(39)23(17-38)32(40)36-21-11-12-26(24(34)15-21)41-28-13-14-35-31-30(28)42-27-6-4-3-5-25(27)37-31/h3-18H,1-2H3,(H,35,37)(H,36,40). The summed E-state index contributed by atoms with van der Waals surface area (Å²) in [4.78, 5) is 30.8. The number of fused-ring (bicyclic) bond motifs is 2. The number of carbonyl (C=O) groups is 1. The van der Waals surface area contributed by atoms with Gasteiger partial charge in [0.25, 0.3) is 5.91 Å². The highest BCUT2D eigenvalue weighted by molar-refractivity contribution is 6.04. The van der Waals surface area contributed by atoms with Gasteiger partial charge in [-0.15, -0.1) is 0 Å². The second-order valence-electron chi connectivity index (χ2n) is 9.87. The fraction of sp³-hybridized carbons (Fsp3) is 0.0938. The highest BCUT2D eigenvalue weighted by Gasteiger charge is 2.23. The lowest BCUT2D eigenvalue weighted by atomic mass is 10.0. The lowest BCUT2D eigenvalue weighted by molar-refractivity contribution is 0.102. The quantitative estimate of drug-likeness (QED) is 0.215. The van der Waals surface area contributed by atoms with Crippen LogP contribution in [0.2, 0.25) is 0 Å². The van der Waals surface area contributed by atoms with Gasteiger partial charge in [0.2, 0.25) is 11.2 Å². The first-order chi connectivity index (χ1) is 20.3. The van der Waals surface area contributed by atoms with E-state index in [-0.39, 0.29) is 34.4 Å². The molecule has 0 unspecified atom stereocenters. The normalized spacial score (nSPS) is 11.6. The summed E-state index contributed by atoms with van der Waals surface area (Å²) in [7, 11) is 0. The van der Waals surface area contributed by atoms with Gasteiger partial charge in [-0.2, -0.15) is 0 Å². The molecule has 0 saturated carbocycles. The molecule has 1 aliphatic rings. The Hall–Kier alpha value is -5.51. The Balaban J connectivity index is 1.25. The van der Waals surface area contributed by atoms with Crippen LogP contribution in [0.25, 0.3) is 11.1 Å². The van der Waals surface area contributed by atoms with E-state index < -0.39 is 23.0 Å². The number of rotatable bonds is 6. The number of nitrogens with zero attached hydrogens (tertiary/aromatic N) is 2. The zero-order valence-corrected chi connectivity index (χ0v) is 22.5. The van der Waals surface area contributed by atoms with E-state index in [2.05, 4.69) is 15.6 Å². The van der Waals surface area contributed by atoms with Gasteiger partial charge in [-0.25, -0.2) is 13.8 Å². The molecule has 0 atom stereocenters. The molecular formula is C32H24F2N4O4. The molecule has 2 N–H and O–H groups in total. The third-order valence-corrected chi connectivity index (χ3v) is 6.67. The molecule has 6 rings (SSSR count). The van der Waals surface area contributed by atoms with E-state index in [0.29, 0.717) is 22.9 Å². The van der Waals surface area contributed by atoms with Crippen LogP contribution in [0.4, 0.5) is 26.0 Å². The average Bonchev–Trinajstić information content (AvgIpc) is 2.98. The molecule has 0 saturated heterocycles. The molecule has 1 amide bonds. The largest absolute Gasteiger partial charge is 0.450 e. The molecule has 0 radical (unpaired) electrons. The van der Waals surface area contributed by atoms with Crippen molar-refractivity contribution in [2.45, 2.75) is 19.9 Å². The molecule has 42 heavy (non-hydrogen) atoms. The number of hydrogen-bond donors (Lipinski definition) is 2. The molecule has 0 spiro atoms. The van der Waals surface area contributed by atoms with Crippen molar-refractivity contribution in [3.05, 3.63) is 119 Å². The summed E-state index contributed by atoms with van der Waals surface area (Å²) in [6.45, 7) is 3.79. The number of ether oxygens (including phenoxy) is 2. The van der Waals surface area contributed by atoms with Crippen molar-refractivity contribution >= 4 is 23.1 Å². The van der Waals surface area contributed by atoms with Gasteiger partial charge in [0.15, 0.2) is 28.9 Å². The first-order valence-corrected chi connectivity index (χ1v) is 13.1. The summed E-state index contributed by atoms with van der Waals surface area (Å²) in [5.41, 5.74) is 0.902. The van der Waals surface area contributed by atoms with Crippen LogP contribution in [0, 0.1) is 11.6 Å². The summed E-state index contributed by atoms with van der Waals surface area (Å²) in [6.07, 6.45) is 4.58. The van der Waals surface area contributed by atoms with E-state index in [1.165, 1.54) is 48.8 Å². The Morgan fingerprint density at radius 3 is 2.55 bits per heavy atom. The lowest BCUT2D eigenvalue weighted by Gasteiger charge is -2.22. The van der Waals surface area contributed by atoms with Crippen molar-refractivity contribution in [2.75, 3.05) is 10.6 Å². The Kier molecular flexibility index (Phi) is 6.87. The number of halogens is 2. The highest BCUT2D eigenvalue weighted by atomic mass is 19.1. The third-order valence-electron chi connectivity index (χ3n) is 6.67. The summed E-state index contributed by atoms with van der Waals surface area (Å²) < 4.78 is 42.2. The molecule has 8 nitrogen and oxygen atoms in total. The second kappa shape index (κ2) is 10.8. The zero-order valence-electron chi connectivity index (χ0n) is 22.5. The minimum atomic E-state index is -0.748. The Morgan fingerprint density at radius 1 is 1.00 bits per heavy atom. The number of anilines is 3. The first-order valence-electron chi connectivity index (χ1n) is 13.1. The van der Waals surface area contributed by atoms with Crippen molar-refractivity contribution in [3.8, 4) is 34.1 Å². The van der Waals surface area contributed by atoms with Crippen molar-refractivity contribution in [2.24, 2.45) is 0 Å². The number of aromatic nitrogens is 2. The molecule has 3 aromatic carbocycles. The van der Waals surface area contributed by atoms with Gasteiger partial charge < -0.3 is 24.7 Å².